The zero-order chi connectivity index (χ0) is 15.1. The van der Waals surface area contributed by atoms with Crippen LogP contribution in [0, 0.1) is 23.7 Å². The summed E-state index contributed by atoms with van der Waals surface area (Å²) in [6.07, 6.45) is 4.66. The van der Waals surface area contributed by atoms with E-state index in [1.807, 2.05) is 0 Å². The van der Waals surface area contributed by atoms with Gasteiger partial charge in [0.05, 0.1) is 6.10 Å². The molecule has 2 fully saturated rings. The maximum Gasteiger partial charge on any atom is 0.0588 e. The van der Waals surface area contributed by atoms with E-state index in [1.54, 1.807) is 0 Å². The van der Waals surface area contributed by atoms with Crippen LogP contribution in [0.1, 0.15) is 67.2 Å². The normalized spacial score (nSPS) is 40.5. The van der Waals surface area contributed by atoms with Crippen LogP contribution in [0.2, 0.25) is 0 Å². The molecule has 0 aromatic carbocycles. The third-order valence-electron chi connectivity index (χ3n) is 6.40. The van der Waals surface area contributed by atoms with Gasteiger partial charge in [-0.1, -0.05) is 27.2 Å². The van der Waals surface area contributed by atoms with Crippen LogP contribution < -0.4 is 0 Å². The second-order valence-corrected chi connectivity index (χ2v) is 8.38. The number of aliphatic hydroxyl groups excluding tert-OH is 1. The van der Waals surface area contributed by atoms with E-state index in [4.69, 9.17) is 0 Å². The van der Waals surface area contributed by atoms with E-state index in [9.17, 15) is 5.11 Å². The molecule has 1 N–H and O–H groups in total. The minimum Gasteiger partial charge on any atom is -0.393 e. The van der Waals surface area contributed by atoms with Gasteiger partial charge in [-0.25, -0.2) is 0 Å². The zero-order valence-electron chi connectivity index (χ0n) is 14.4. The van der Waals surface area contributed by atoms with Gasteiger partial charge in [-0.05, 0) is 64.3 Å². The van der Waals surface area contributed by atoms with Gasteiger partial charge in [0, 0.05) is 17.5 Å². The van der Waals surface area contributed by atoms with Crippen LogP contribution in [0.25, 0.3) is 0 Å². The molecule has 0 spiro atoms. The van der Waals surface area contributed by atoms with Crippen LogP contribution in [0.5, 0.6) is 0 Å². The largest absolute Gasteiger partial charge is 0.393 e. The maximum atomic E-state index is 10.6. The van der Waals surface area contributed by atoms with Gasteiger partial charge in [-0.2, -0.15) is 0 Å². The summed E-state index contributed by atoms with van der Waals surface area (Å²) >= 11 is 0. The molecule has 2 heteroatoms. The molecule has 0 bridgehead atoms. The Morgan fingerprint density at radius 1 is 1.10 bits per heavy atom. The lowest BCUT2D eigenvalue weighted by atomic mass is 9.71. The Balaban J connectivity index is 2.10. The first-order valence-corrected chi connectivity index (χ1v) is 8.70. The first-order chi connectivity index (χ1) is 9.25. The molecule has 0 aromatic rings. The molecular weight excluding hydrogens is 246 g/mol. The van der Waals surface area contributed by atoms with Crippen LogP contribution in [-0.2, 0) is 0 Å². The van der Waals surface area contributed by atoms with Gasteiger partial charge in [0.25, 0.3) is 0 Å². The van der Waals surface area contributed by atoms with Crippen molar-refractivity contribution in [2.75, 3.05) is 6.54 Å². The molecule has 2 nitrogen and oxygen atoms in total. The molecule has 118 valence electrons. The molecule has 1 saturated heterocycles. The fourth-order valence-electron chi connectivity index (χ4n) is 5.06. The van der Waals surface area contributed by atoms with E-state index >= 15 is 0 Å². The molecule has 0 aromatic heterocycles. The fourth-order valence-corrected chi connectivity index (χ4v) is 5.06. The summed E-state index contributed by atoms with van der Waals surface area (Å²) in [6, 6.07) is 0.650. The zero-order valence-corrected chi connectivity index (χ0v) is 14.4. The Morgan fingerprint density at radius 3 is 2.25 bits per heavy atom. The van der Waals surface area contributed by atoms with E-state index in [0.717, 1.165) is 18.3 Å². The van der Waals surface area contributed by atoms with Crippen LogP contribution in [0.4, 0.5) is 0 Å². The molecule has 0 radical (unpaired) electrons. The van der Waals surface area contributed by atoms with E-state index in [1.165, 1.54) is 25.8 Å². The van der Waals surface area contributed by atoms with Gasteiger partial charge >= 0.3 is 0 Å². The molecule has 20 heavy (non-hydrogen) atoms. The van der Waals surface area contributed by atoms with Crippen molar-refractivity contribution in [2.45, 2.75) is 84.9 Å². The van der Waals surface area contributed by atoms with Crippen molar-refractivity contribution in [3.8, 4) is 0 Å². The number of likely N-dealkylation sites (tertiary alicyclic amines) is 1. The highest BCUT2D eigenvalue weighted by Gasteiger charge is 2.47. The maximum absolute atomic E-state index is 10.6. The molecule has 2 rings (SSSR count). The lowest BCUT2D eigenvalue weighted by Crippen LogP contribution is -2.56. The van der Waals surface area contributed by atoms with Crippen molar-refractivity contribution in [1.82, 2.24) is 4.90 Å². The van der Waals surface area contributed by atoms with Crippen LogP contribution >= 0.6 is 0 Å². The molecule has 2 aliphatic rings. The number of hydrogen-bond donors (Lipinski definition) is 1. The van der Waals surface area contributed by atoms with E-state index in [2.05, 4.69) is 46.4 Å². The second-order valence-electron chi connectivity index (χ2n) is 8.38. The first-order valence-electron chi connectivity index (χ1n) is 8.70. The van der Waals surface area contributed by atoms with Crippen molar-refractivity contribution in [3.05, 3.63) is 0 Å². The monoisotopic (exact) mass is 281 g/mol. The minimum atomic E-state index is -0.112. The Morgan fingerprint density at radius 2 is 1.75 bits per heavy atom. The third kappa shape index (κ3) is 2.92. The standard InChI is InChI=1S/C18H35NO/c1-12(2)15-9-10-19(14(15)4)18(5,6)16-8-7-13(3)11-17(16)20/h12-17,20H,7-11H2,1-6H3/t13?,14-,15-,16?,17?/m0/s1. The van der Waals surface area contributed by atoms with Crippen molar-refractivity contribution < 1.29 is 5.11 Å². The molecule has 5 atom stereocenters. The predicted molar refractivity (Wildman–Crippen MR) is 85.7 cm³/mol. The molecule has 1 saturated carbocycles. The van der Waals surface area contributed by atoms with Gasteiger partial charge in [-0.15, -0.1) is 0 Å². The van der Waals surface area contributed by atoms with Crippen LogP contribution in [-0.4, -0.2) is 34.2 Å². The van der Waals surface area contributed by atoms with E-state index in [-0.39, 0.29) is 11.6 Å². The van der Waals surface area contributed by atoms with Crippen molar-refractivity contribution in [2.24, 2.45) is 23.7 Å². The Hall–Kier alpha value is -0.0800. The second kappa shape index (κ2) is 5.96. The van der Waals surface area contributed by atoms with Gasteiger partial charge in [0.2, 0.25) is 0 Å². The summed E-state index contributed by atoms with van der Waals surface area (Å²) in [5.74, 6) is 2.71. The Labute approximate surface area is 125 Å². The summed E-state index contributed by atoms with van der Waals surface area (Å²) in [6.45, 7) is 15.3. The van der Waals surface area contributed by atoms with Crippen molar-refractivity contribution in [1.29, 1.82) is 0 Å². The van der Waals surface area contributed by atoms with Crippen LogP contribution in [0.3, 0.4) is 0 Å². The summed E-state index contributed by atoms with van der Waals surface area (Å²) in [5.41, 5.74) is 0.128. The Bertz CT molecular complexity index is 325. The molecule has 0 amide bonds. The smallest absolute Gasteiger partial charge is 0.0588 e. The highest BCUT2D eigenvalue weighted by molar-refractivity contribution is 5.00. The third-order valence-corrected chi connectivity index (χ3v) is 6.40. The summed E-state index contributed by atoms with van der Waals surface area (Å²) in [4.78, 5) is 2.70. The Kier molecular flexibility index (Phi) is 4.86. The fraction of sp³-hybridized carbons (Fsp3) is 1.00. The molecule has 1 aliphatic carbocycles. The highest BCUT2D eigenvalue weighted by Crippen LogP contribution is 2.43. The number of hydrogen-bond acceptors (Lipinski definition) is 2. The van der Waals surface area contributed by atoms with Gasteiger partial charge in [0.15, 0.2) is 0 Å². The number of rotatable bonds is 3. The van der Waals surface area contributed by atoms with Crippen molar-refractivity contribution in [3.63, 3.8) is 0 Å². The molecule has 1 heterocycles. The molecular formula is C18H35NO. The van der Waals surface area contributed by atoms with E-state index in [0.29, 0.717) is 17.9 Å². The van der Waals surface area contributed by atoms with Gasteiger partial charge in [0.1, 0.15) is 0 Å². The quantitative estimate of drug-likeness (QED) is 0.847. The SMILES string of the molecule is CC1CCC(C(C)(C)N2CC[C@@H](C(C)C)[C@@H]2C)C(O)C1. The summed E-state index contributed by atoms with van der Waals surface area (Å²) in [7, 11) is 0. The van der Waals surface area contributed by atoms with Crippen molar-refractivity contribution >= 4 is 0 Å². The van der Waals surface area contributed by atoms with Gasteiger partial charge in [-0.3, -0.25) is 4.90 Å². The van der Waals surface area contributed by atoms with E-state index < -0.39 is 0 Å². The average Bonchev–Trinajstić information content (AvgIpc) is 2.71. The highest BCUT2D eigenvalue weighted by atomic mass is 16.3. The lowest BCUT2D eigenvalue weighted by Gasteiger charge is -2.49. The number of aliphatic hydroxyl groups is 1. The average molecular weight is 281 g/mol. The first kappa shape index (κ1) is 16.3. The topological polar surface area (TPSA) is 23.5 Å². The minimum absolute atomic E-state index is 0.112. The lowest BCUT2D eigenvalue weighted by molar-refractivity contribution is -0.0505. The summed E-state index contributed by atoms with van der Waals surface area (Å²) in [5, 5.41) is 10.6. The van der Waals surface area contributed by atoms with Crippen LogP contribution in [0.15, 0.2) is 0 Å². The number of nitrogens with zero attached hydrogens (tertiary/aromatic N) is 1. The van der Waals surface area contributed by atoms with Gasteiger partial charge < -0.3 is 5.11 Å². The predicted octanol–water partition coefficient (Wildman–Crippen LogP) is 3.93. The summed E-state index contributed by atoms with van der Waals surface area (Å²) < 4.78 is 0. The molecule has 3 unspecified atom stereocenters. The molecule has 1 aliphatic heterocycles.